The Kier molecular flexibility index (Phi) is 8.27. The first-order valence-electron chi connectivity index (χ1n) is 15.0. The van der Waals surface area contributed by atoms with Gasteiger partial charge in [-0.1, -0.05) is 140 Å². The summed E-state index contributed by atoms with van der Waals surface area (Å²) in [5.41, 5.74) is 12.8. The molecule has 1 atom stereocenters. The van der Waals surface area contributed by atoms with Crippen LogP contribution in [0, 0.1) is 11.8 Å². The van der Waals surface area contributed by atoms with Gasteiger partial charge in [-0.25, -0.2) is 0 Å². The van der Waals surface area contributed by atoms with Crippen molar-refractivity contribution in [3.05, 3.63) is 74.7 Å². The minimum absolute atomic E-state index is 0.0877. The van der Waals surface area contributed by atoms with Gasteiger partial charge >= 0.3 is 0 Å². The Morgan fingerprint density at radius 2 is 1.00 bits per heavy atom. The van der Waals surface area contributed by atoms with Crippen LogP contribution >= 0.6 is 0 Å². The van der Waals surface area contributed by atoms with Crippen LogP contribution in [0.4, 0.5) is 0 Å². The topological polar surface area (TPSA) is 0 Å². The highest BCUT2D eigenvalue weighted by Crippen LogP contribution is 2.51. The summed E-state index contributed by atoms with van der Waals surface area (Å²) >= 11 is 0. The average Bonchev–Trinajstić information content (AvgIpc) is 2.74. The van der Waals surface area contributed by atoms with Gasteiger partial charge < -0.3 is 0 Å². The van der Waals surface area contributed by atoms with Crippen LogP contribution in [0.2, 0.25) is 0 Å². The molecule has 0 amide bonds. The fourth-order valence-corrected chi connectivity index (χ4v) is 6.11. The Bertz CT molecular complexity index is 1020. The largest absolute Gasteiger partial charge is 0.0654 e. The lowest BCUT2D eigenvalue weighted by Gasteiger charge is -2.42. The Labute approximate surface area is 231 Å². The summed E-state index contributed by atoms with van der Waals surface area (Å²) in [5, 5.41) is 0. The van der Waals surface area contributed by atoms with Gasteiger partial charge in [-0.05, 0) is 84.9 Å². The molecule has 0 saturated carbocycles. The molecule has 0 heterocycles. The van der Waals surface area contributed by atoms with Crippen molar-refractivity contribution in [2.45, 2.75) is 151 Å². The van der Waals surface area contributed by atoms with Crippen LogP contribution < -0.4 is 0 Å². The molecular weight excluding hydrogens is 444 g/mol. The first kappa shape index (κ1) is 30.0. The zero-order chi connectivity index (χ0) is 28.1. The van der Waals surface area contributed by atoms with E-state index in [-0.39, 0.29) is 21.7 Å². The van der Waals surface area contributed by atoms with E-state index in [0.29, 0.717) is 5.92 Å². The van der Waals surface area contributed by atoms with Gasteiger partial charge in [0, 0.05) is 5.92 Å². The minimum atomic E-state index is 0.0877. The third-order valence-electron chi connectivity index (χ3n) is 8.51. The molecule has 205 valence electrons. The lowest BCUT2D eigenvalue weighted by molar-refractivity contribution is 0.470. The molecule has 1 unspecified atom stereocenters. The predicted molar refractivity (Wildman–Crippen MR) is 165 cm³/mol. The molecule has 0 N–H and O–H groups in total. The molecule has 2 aromatic carbocycles. The van der Waals surface area contributed by atoms with E-state index in [1.807, 2.05) is 0 Å². The maximum atomic E-state index is 2.57. The molecule has 1 aliphatic rings. The molecule has 2 aromatic rings. The van der Waals surface area contributed by atoms with Crippen LogP contribution in [-0.4, -0.2) is 0 Å². The van der Waals surface area contributed by atoms with E-state index >= 15 is 0 Å². The first-order valence-corrected chi connectivity index (χ1v) is 15.0. The van der Waals surface area contributed by atoms with Crippen LogP contribution in [0.15, 0.2) is 24.3 Å². The standard InChI is InChI=1S/C37H57/c1-15-17-18-24(16-2)33-31-25(20-27(34(3,4)5)22-29(31)36(9,10)11)19-26-21-28(35(6,7)8)23-30(32(26)33)37(12,13)14/h20-24H,15-19H2,1-14H3. The Balaban J connectivity index is 2.50. The van der Waals surface area contributed by atoms with Gasteiger partial charge in [0.15, 0.2) is 0 Å². The van der Waals surface area contributed by atoms with Crippen molar-refractivity contribution in [3.63, 3.8) is 0 Å². The molecule has 0 spiro atoms. The zero-order valence-electron chi connectivity index (χ0n) is 26.9. The smallest absolute Gasteiger partial charge is 0.0382 e. The third kappa shape index (κ3) is 6.20. The summed E-state index contributed by atoms with van der Waals surface area (Å²) in [6, 6.07) is 10.3. The molecule has 0 saturated heterocycles. The normalized spacial score (nSPS) is 15.9. The number of benzene rings is 2. The quantitative estimate of drug-likeness (QED) is 0.382. The molecule has 0 heteroatoms. The highest BCUT2D eigenvalue weighted by Gasteiger charge is 2.40. The fourth-order valence-electron chi connectivity index (χ4n) is 6.11. The molecule has 3 rings (SSSR count). The second-order valence-electron chi connectivity index (χ2n) is 16.0. The summed E-state index contributed by atoms with van der Waals surface area (Å²) in [6.07, 6.45) is 6.06. The monoisotopic (exact) mass is 501 g/mol. The minimum Gasteiger partial charge on any atom is -0.0654 e. The average molecular weight is 502 g/mol. The lowest BCUT2D eigenvalue weighted by Crippen LogP contribution is -2.32. The van der Waals surface area contributed by atoms with Gasteiger partial charge in [0.05, 0.1) is 0 Å². The summed E-state index contributed by atoms with van der Waals surface area (Å²) in [7, 11) is 0. The van der Waals surface area contributed by atoms with Crippen LogP contribution in [0.1, 0.15) is 167 Å². The van der Waals surface area contributed by atoms with Crippen molar-refractivity contribution in [1.82, 2.24) is 0 Å². The van der Waals surface area contributed by atoms with Crippen molar-refractivity contribution in [2.75, 3.05) is 0 Å². The molecule has 0 nitrogen and oxygen atoms in total. The van der Waals surface area contributed by atoms with Gasteiger partial charge in [-0.15, -0.1) is 0 Å². The second kappa shape index (κ2) is 10.2. The molecule has 0 bridgehead atoms. The highest BCUT2D eigenvalue weighted by atomic mass is 14.4. The molecule has 1 aliphatic carbocycles. The number of hydrogen-bond acceptors (Lipinski definition) is 0. The number of fused-ring (bicyclic) bond motifs is 2. The molecule has 0 fully saturated rings. The van der Waals surface area contributed by atoms with E-state index in [1.165, 1.54) is 36.8 Å². The molecule has 1 radical (unpaired) electrons. The maximum Gasteiger partial charge on any atom is 0.0382 e. The maximum absolute atomic E-state index is 2.57. The van der Waals surface area contributed by atoms with Crippen LogP contribution in [0.25, 0.3) is 0 Å². The number of hydrogen-bond donors (Lipinski definition) is 0. The van der Waals surface area contributed by atoms with Crippen molar-refractivity contribution in [1.29, 1.82) is 0 Å². The zero-order valence-corrected chi connectivity index (χ0v) is 26.9. The van der Waals surface area contributed by atoms with Crippen molar-refractivity contribution < 1.29 is 0 Å². The summed E-state index contributed by atoms with van der Waals surface area (Å²) in [6.45, 7) is 33.5. The number of unbranched alkanes of at least 4 members (excludes halogenated alkanes) is 1. The second-order valence-corrected chi connectivity index (χ2v) is 16.0. The van der Waals surface area contributed by atoms with Crippen molar-refractivity contribution in [3.8, 4) is 0 Å². The fraction of sp³-hybridized carbons (Fsp3) is 0.649. The Morgan fingerprint density at radius 1 is 0.595 bits per heavy atom. The van der Waals surface area contributed by atoms with Gasteiger partial charge in [0.2, 0.25) is 0 Å². The van der Waals surface area contributed by atoms with Crippen molar-refractivity contribution >= 4 is 0 Å². The van der Waals surface area contributed by atoms with E-state index < -0.39 is 0 Å². The van der Waals surface area contributed by atoms with E-state index in [1.54, 1.807) is 39.3 Å². The Hall–Kier alpha value is -1.56. The van der Waals surface area contributed by atoms with Gasteiger partial charge in [0.1, 0.15) is 0 Å². The van der Waals surface area contributed by atoms with Gasteiger partial charge in [-0.2, -0.15) is 0 Å². The molecule has 0 aliphatic heterocycles. The van der Waals surface area contributed by atoms with Crippen LogP contribution in [0.3, 0.4) is 0 Å². The highest BCUT2D eigenvalue weighted by molar-refractivity contribution is 5.67. The SMILES string of the molecule is CCCCC(CC)[C]1c2c(cc(C(C)(C)C)cc2C(C)(C)C)Cc2cc(C(C)(C)C)cc(C(C)(C)C)c21. The number of rotatable bonds is 5. The van der Waals surface area contributed by atoms with E-state index in [0.717, 1.165) is 6.42 Å². The van der Waals surface area contributed by atoms with Crippen molar-refractivity contribution in [2.24, 2.45) is 5.92 Å². The molecule has 0 aromatic heterocycles. The van der Waals surface area contributed by atoms with Crippen LogP contribution in [-0.2, 0) is 28.1 Å². The van der Waals surface area contributed by atoms with Gasteiger partial charge in [-0.3, -0.25) is 0 Å². The summed E-state index contributed by atoms with van der Waals surface area (Å²) in [4.78, 5) is 0. The van der Waals surface area contributed by atoms with Crippen LogP contribution in [0.5, 0.6) is 0 Å². The third-order valence-corrected chi connectivity index (χ3v) is 8.51. The molecular formula is C37H57. The predicted octanol–water partition coefficient (Wildman–Crippen LogP) is 11.0. The summed E-state index contributed by atoms with van der Waals surface area (Å²) in [5.74, 6) is 2.24. The van der Waals surface area contributed by atoms with Gasteiger partial charge in [0.25, 0.3) is 0 Å². The summed E-state index contributed by atoms with van der Waals surface area (Å²) < 4.78 is 0. The van der Waals surface area contributed by atoms with E-state index in [4.69, 9.17) is 0 Å². The van der Waals surface area contributed by atoms with E-state index in [2.05, 4.69) is 121 Å². The Morgan fingerprint density at radius 3 is 1.30 bits per heavy atom. The molecule has 37 heavy (non-hydrogen) atoms. The van der Waals surface area contributed by atoms with E-state index in [9.17, 15) is 0 Å². The lowest BCUT2D eigenvalue weighted by atomic mass is 9.61. The first-order chi connectivity index (χ1) is 16.8.